The largest absolute Gasteiger partial charge is 0.229 e. The molecule has 1 N–H and O–H groups in total. The van der Waals surface area contributed by atoms with Crippen molar-refractivity contribution in [1.29, 1.82) is 0 Å². The third-order valence-electron chi connectivity index (χ3n) is 3.63. The van der Waals surface area contributed by atoms with Crippen LogP contribution in [0, 0.1) is 0 Å². The topological polar surface area (TPSA) is 80.3 Å². The predicted molar refractivity (Wildman–Crippen MR) is 86.3 cm³/mol. The zero-order chi connectivity index (χ0) is 15.7. The number of benzene rings is 1. The Morgan fingerprint density at radius 1 is 1.29 bits per heavy atom. The molecular weight excluding hydrogens is 378 g/mol. The Bertz CT molecular complexity index is 701. The fourth-order valence-corrected chi connectivity index (χ4v) is 6.25. The second-order valence-electron chi connectivity index (χ2n) is 5.29. The quantitative estimate of drug-likeness (QED) is 0.845. The lowest BCUT2D eigenvalue weighted by atomic mass is 10.1. The Kier molecular flexibility index (Phi) is 5.12. The Labute approximate surface area is 134 Å². The van der Waals surface area contributed by atoms with Gasteiger partial charge in [0.15, 0.2) is 0 Å². The summed E-state index contributed by atoms with van der Waals surface area (Å²) in [5.41, 5.74) is 0.858. The molecule has 5 nitrogen and oxygen atoms in total. The molecule has 1 saturated heterocycles. The van der Waals surface area contributed by atoms with E-state index in [1.165, 1.54) is 0 Å². The van der Waals surface area contributed by atoms with Gasteiger partial charge in [-0.15, -0.1) is 0 Å². The van der Waals surface area contributed by atoms with Crippen LogP contribution < -0.4 is 4.72 Å². The first-order valence-electron chi connectivity index (χ1n) is 6.67. The summed E-state index contributed by atoms with van der Waals surface area (Å²) in [6.45, 7) is 1.78. The van der Waals surface area contributed by atoms with Crippen LogP contribution in [0.2, 0.25) is 0 Å². The first-order valence-corrected chi connectivity index (χ1v) is 10.8. The van der Waals surface area contributed by atoms with Crippen molar-refractivity contribution in [2.24, 2.45) is 0 Å². The SMILES string of the molecule is CC(NS(=O)(=O)C1CCS(=O)(=O)CC1)c1cccc(Br)c1. The molecule has 1 aliphatic heterocycles. The van der Waals surface area contributed by atoms with E-state index in [2.05, 4.69) is 20.7 Å². The van der Waals surface area contributed by atoms with Gasteiger partial charge in [-0.2, -0.15) is 0 Å². The Hall–Kier alpha value is -0.440. The van der Waals surface area contributed by atoms with E-state index >= 15 is 0 Å². The fraction of sp³-hybridized carbons (Fsp3) is 0.538. The van der Waals surface area contributed by atoms with Gasteiger partial charge in [-0.1, -0.05) is 28.1 Å². The Morgan fingerprint density at radius 3 is 2.48 bits per heavy atom. The van der Waals surface area contributed by atoms with Crippen molar-refractivity contribution in [2.75, 3.05) is 11.5 Å². The number of halogens is 1. The van der Waals surface area contributed by atoms with Crippen molar-refractivity contribution in [2.45, 2.75) is 31.1 Å². The zero-order valence-electron chi connectivity index (χ0n) is 11.6. The molecule has 118 valence electrons. The second-order valence-corrected chi connectivity index (χ2v) is 10.5. The lowest BCUT2D eigenvalue weighted by molar-refractivity contribution is 0.533. The van der Waals surface area contributed by atoms with E-state index in [-0.39, 0.29) is 30.4 Å². The highest BCUT2D eigenvalue weighted by atomic mass is 79.9. The monoisotopic (exact) mass is 395 g/mol. The van der Waals surface area contributed by atoms with Crippen LogP contribution in [0.5, 0.6) is 0 Å². The Morgan fingerprint density at radius 2 is 1.90 bits per heavy atom. The molecule has 0 bridgehead atoms. The highest BCUT2D eigenvalue weighted by Gasteiger charge is 2.33. The number of rotatable bonds is 4. The molecule has 0 radical (unpaired) electrons. The van der Waals surface area contributed by atoms with Crippen LogP contribution in [0.25, 0.3) is 0 Å². The third-order valence-corrected chi connectivity index (χ3v) is 7.87. The van der Waals surface area contributed by atoms with Gasteiger partial charge in [0.25, 0.3) is 0 Å². The van der Waals surface area contributed by atoms with Gasteiger partial charge >= 0.3 is 0 Å². The molecule has 1 heterocycles. The van der Waals surface area contributed by atoms with Crippen LogP contribution in [0.1, 0.15) is 31.4 Å². The van der Waals surface area contributed by atoms with Gasteiger partial charge in [0.05, 0.1) is 16.8 Å². The summed E-state index contributed by atoms with van der Waals surface area (Å²) in [4.78, 5) is 0. The highest BCUT2D eigenvalue weighted by molar-refractivity contribution is 9.10. The maximum atomic E-state index is 12.3. The predicted octanol–water partition coefficient (Wildman–Crippen LogP) is 2.01. The summed E-state index contributed by atoms with van der Waals surface area (Å²) in [5.74, 6) is -0.103. The van der Waals surface area contributed by atoms with E-state index in [4.69, 9.17) is 0 Å². The number of nitrogens with one attached hydrogen (secondary N) is 1. The van der Waals surface area contributed by atoms with E-state index in [0.717, 1.165) is 10.0 Å². The van der Waals surface area contributed by atoms with E-state index < -0.39 is 25.1 Å². The van der Waals surface area contributed by atoms with Crippen molar-refractivity contribution in [3.05, 3.63) is 34.3 Å². The van der Waals surface area contributed by atoms with Crippen molar-refractivity contribution in [3.8, 4) is 0 Å². The van der Waals surface area contributed by atoms with Crippen molar-refractivity contribution >= 4 is 35.8 Å². The first kappa shape index (κ1) is 16.9. The van der Waals surface area contributed by atoms with Gasteiger partial charge < -0.3 is 0 Å². The number of sulfone groups is 1. The standard InChI is InChI=1S/C13H18BrNO4S2/c1-10(11-3-2-4-12(14)9-11)15-21(18,19)13-5-7-20(16,17)8-6-13/h2-4,9-10,13,15H,5-8H2,1H3. The molecule has 0 amide bonds. The van der Waals surface area contributed by atoms with Crippen LogP contribution >= 0.6 is 15.9 Å². The zero-order valence-corrected chi connectivity index (χ0v) is 14.8. The molecular formula is C13H18BrNO4S2. The average Bonchev–Trinajstić information content (AvgIpc) is 2.37. The maximum absolute atomic E-state index is 12.3. The maximum Gasteiger partial charge on any atom is 0.215 e. The van der Waals surface area contributed by atoms with Crippen molar-refractivity contribution < 1.29 is 16.8 Å². The molecule has 1 fully saturated rings. The minimum absolute atomic E-state index is 0.0517. The number of sulfonamides is 1. The highest BCUT2D eigenvalue weighted by Crippen LogP contribution is 2.23. The fourth-order valence-electron chi connectivity index (χ4n) is 2.37. The number of hydrogen-bond acceptors (Lipinski definition) is 4. The van der Waals surface area contributed by atoms with Crippen LogP contribution in [0.3, 0.4) is 0 Å². The van der Waals surface area contributed by atoms with Crippen molar-refractivity contribution in [3.63, 3.8) is 0 Å². The third kappa shape index (κ3) is 4.51. The van der Waals surface area contributed by atoms with Crippen molar-refractivity contribution in [1.82, 2.24) is 4.72 Å². The lowest BCUT2D eigenvalue weighted by Gasteiger charge is -2.24. The molecule has 21 heavy (non-hydrogen) atoms. The molecule has 1 aromatic carbocycles. The summed E-state index contributed by atoms with van der Waals surface area (Å²) in [5, 5.41) is -0.629. The van der Waals surface area contributed by atoms with Gasteiger partial charge in [0.2, 0.25) is 10.0 Å². The number of hydrogen-bond donors (Lipinski definition) is 1. The van der Waals surface area contributed by atoms with Gasteiger partial charge in [0.1, 0.15) is 9.84 Å². The molecule has 1 atom stereocenters. The van der Waals surface area contributed by atoms with E-state index in [1.54, 1.807) is 6.92 Å². The normalized spacial score (nSPS) is 21.0. The Balaban J connectivity index is 2.07. The lowest BCUT2D eigenvalue weighted by Crippen LogP contribution is -2.40. The summed E-state index contributed by atoms with van der Waals surface area (Å²) < 4.78 is 51.0. The smallest absolute Gasteiger partial charge is 0.215 e. The molecule has 1 aliphatic rings. The summed E-state index contributed by atoms with van der Waals surface area (Å²) in [7, 11) is -6.58. The van der Waals surface area contributed by atoms with Gasteiger partial charge in [-0.3, -0.25) is 0 Å². The molecule has 1 aromatic rings. The van der Waals surface area contributed by atoms with Crippen LogP contribution in [0.4, 0.5) is 0 Å². The molecule has 0 saturated carbocycles. The first-order chi connectivity index (χ1) is 9.70. The van der Waals surface area contributed by atoms with Gasteiger partial charge in [0, 0.05) is 10.5 Å². The molecule has 8 heteroatoms. The summed E-state index contributed by atoms with van der Waals surface area (Å²) >= 11 is 3.36. The van der Waals surface area contributed by atoms with Crippen LogP contribution in [0.15, 0.2) is 28.7 Å². The van der Waals surface area contributed by atoms with Gasteiger partial charge in [-0.25, -0.2) is 21.6 Å². The van der Waals surface area contributed by atoms with Gasteiger partial charge in [-0.05, 0) is 37.5 Å². The molecule has 0 spiro atoms. The van der Waals surface area contributed by atoms with Crippen LogP contribution in [-0.2, 0) is 19.9 Å². The summed E-state index contributed by atoms with van der Waals surface area (Å²) in [6.07, 6.45) is 0.339. The molecule has 0 aromatic heterocycles. The minimum atomic E-state index is -3.52. The van der Waals surface area contributed by atoms with E-state index in [9.17, 15) is 16.8 Å². The summed E-state index contributed by atoms with van der Waals surface area (Å²) in [6, 6.07) is 7.07. The molecule has 0 aliphatic carbocycles. The molecule has 2 rings (SSSR count). The molecule has 1 unspecified atom stereocenters. The van der Waals surface area contributed by atoms with Crippen LogP contribution in [-0.4, -0.2) is 33.6 Å². The average molecular weight is 396 g/mol. The van der Waals surface area contributed by atoms with E-state index in [0.29, 0.717) is 0 Å². The minimum Gasteiger partial charge on any atom is -0.229 e. The second kappa shape index (κ2) is 6.36. The van der Waals surface area contributed by atoms with E-state index in [1.807, 2.05) is 24.3 Å².